The number of benzene rings is 1. The fraction of sp³-hybridized carbons (Fsp3) is 0.462. The number of hydrogen-bond donors (Lipinski definition) is 0. The van der Waals surface area contributed by atoms with Gasteiger partial charge < -0.3 is 0 Å². The molecular weight excluding hydrogens is 170 g/mol. The van der Waals surface area contributed by atoms with Gasteiger partial charge in [-0.25, -0.2) is 0 Å². The minimum absolute atomic E-state index is 0.494. The monoisotopic (exact) mass is 187 g/mol. The maximum absolute atomic E-state index is 8.51. The van der Waals surface area contributed by atoms with Crippen LogP contribution in [0.5, 0.6) is 0 Å². The smallest absolute Gasteiger partial charge is 0.0621 e. The van der Waals surface area contributed by atoms with Crippen LogP contribution in [0.15, 0.2) is 18.2 Å². The van der Waals surface area contributed by atoms with Crippen LogP contribution in [0, 0.1) is 25.2 Å². The summed E-state index contributed by atoms with van der Waals surface area (Å²) in [4.78, 5) is 0. The van der Waals surface area contributed by atoms with E-state index in [1.54, 1.807) is 0 Å². The molecule has 0 amide bonds. The zero-order valence-corrected chi connectivity index (χ0v) is 9.17. The van der Waals surface area contributed by atoms with E-state index in [1.807, 2.05) is 0 Å². The minimum Gasteiger partial charge on any atom is -0.198 e. The Kier molecular flexibility index (Phi) is 3.71. The predicted octanol–water partition coefficient (Wildman–Crippen LogP) is 3.71. The van der Waals surface area contributed by atoms with Gasteiger partial charge in [0.1, 0.15) is 0 Å². The van der Waals surface area contributed by atoms with Crippen LogP contribution in [0.25, 0.3) is 0 Å². The van der Waals surface area contributed by atoms with Crippen molar-refractivity contribution in [2.75, 3.05) is 0 Å². The summed E-state index contributed by atoms with van der Waals surface area (Å²) >= 11 is 0. The maximum Gasteiger partial charge on any atom is 0.0621 e. The third-order valence-electron chi connectivity index (χ3n) is 2.79. The number of hydrogen-bond acceptors (Lipinski definition) is 1. The maximum atomic E-state index is 8.51. The average molecular weight is 187 g/mol. The van der Waals surface area contributed by atoms with Crippen molar-refractivity contribution in [3.63, 3.8) is 0 Å². The van der Waals surface area contributed by atoms with Crippen molar-refractivity contribution in [1.82, 2.24) is 0 Å². The van der Waals surface area contributed by atoms with E-state index in [-0.39, 0.29) is 0 Å². The molecular formula is C13H17N. The molecule has 0 aliphatic heterocycles. The number of nitriles is 1. The third kappa shape index (κ3) is 2.60. The van der Waals surface area contributed by atoms with Crippen LogP contribution < -0.4 is 0 Å². The van der Waals surface area contributed by atoms with Gasteiger partial charge in [-0.3, -0.25) is 0 Å². The van der Waals surface area contributed by atoms with Crippen molar-refractivity contribution >= 4 is 0 Å². The van der Waals surface area contributed by atoms with Crippen LogP contribution in [-0.2, 0) is 0 Å². The van der Waals surface area contributed by atoms with Gasteiger partial charge in [-0.1, -0.05) is 25.1 Å². The zero-order chi connectivity index (χ0) is 10.6. The standard InChI is InChI=1S/C13H17N/c1-10-6-7-13(9-12(10)3)11(2)5-4-8-14/h6-7,9,11H,4-5H2,1-3H3. The van der Waals surface area contributed by atoms with E-state index in [2.05, 4.69) is 45.0 Å². The quantitative estimate of drug-likeness (QED) is 0.707. The van der Waals surface area contributed by atoms with Gasteiger partial charge in [0, 0.05) is 6.42 Å². The molecule has 74 valence electrons. The summed E-state index contributed by atoms with van der Waals surface area (Å²) in [6, 6.07) is 8.76. The largest absolute Gasteiger partial charge is 0.198 e. The van der Waals surface area contributed by atoms with Gasteiger partial charge in [-0.05, 0) is 42.9 Å². The second-order valence-corrected chi connectivity index (χ2v) is 3.94. The first-order chi connectivity index (χ1) is 6.65. The molecule has 0 saturated carbocycles. The highest BCUT2D eigenvalue weighted by atomic mass is 14.2. The Morgan fingerprint density at radius 1 is 1.29 bits per heavy atom. The Balaban J connectivity index is 2.76. The number of rotatable bonds is 3. The van der Waals surface area contributed by atoms with Gasteiger partial charge in [0.25, 0.3) is 0 Å². The molecule has 0 fully saturated rings. The molecule has 1 aromatic carbocycles. The zero-order valence-electron chi connectivity index (χ0n) is 9.17. The molecule has 0 aromatic heterocycles. The molecule has 0 heterocycles. The van der Waals surface area contributed by atoms with Crippen molar-refractivity contribution in [2.45, 2.75) is 39.5 Å². The van der Waals surface area contributed by atoms with E-state index >= 15 is 0 Å². The molecule has 0 aliphatic carbocycles. The summed E-state index contributed by atoms with van der Waals surface area (Å²) in [6.07, 6.45) is 1.60. The fourth-order valence-corrected chi connectivity index (χ4v) is 1.52. The molecule has 1 nitrogen and oxygen atoms in total. The lowest BCUT2D eigenvalue weighted by Gasteiger charge is -2.11. The van der Waals surface area contributed by atoms with Gasteiger partial charge in [-0.15, -0.1) is 0 Å². The fourth-order valence-electron chi connectivity index (χ4n) is 1.52. The molecule has 1 unspecified atom stereocenters. The molecule has 1 rings (SSSR count). The molecule has 0 N–H and O–H groups in total. The molecule has 1 heteroatoms. The summed E-state index contributed by atoms with van der Waals surface area (Å²) in [5.74, 6) is 0.494. The molecule has 1 atom stereocenters. The molecule has 14 heavy (non-hydrogen) atoms. The Morgan fingerprint density at radius 2 is 2.00 bits per heavy atom. The van der Waals surface area contributed by atoms with E-state index < -0.39 is 0 Å². The van der Waals surface area contributed by atoms with E-state index in [1.165, 1.54) is 16.7 Å². The van der Waals surface area contributed by atoms with E-state index in [0.717, 1.165) is 6.42 Å². The van der Waals surface area contributed by atoms with E-state index in [0.29, 0.717) is 12.3 Å². The summed E-state index contributed by atoms with van der Waals surface area (Å²) in [5, 5.41) is 8.51. The van der Waals surface area contributed by atoms with Gasteiger partial charge in [0.2, 0.25) is 0 Å². The second-order valence-electron chi connectivity index (χ2n) is 3.94. The Bertz CT molecular complexity index is 347. The lowest BCUT2D eigenvalue weighted by Crippen LogP contribution is -1.94. The lowest BCUT2D eigenvalue weighted by molar-refractivity contribution is 0.694. The van der Waals surface area contributed by atoms with Crippen molar-refractivity contribution < 1.29 is 0 Å². The van der Waals surface area contributed by atoms with Crippen LogP contribution in [-0.4, -0.2) is 0 Å². The SMILES string of the molecule is Cc1ccc(C(C)CCC#N)cc1C. The Morgan fingerprint density at radius 3 is 2.57 bits per heavy atom. The first kappa shape index (κ1) is 10.8. The van der Waals surface area contributed by atoms with Crippen LogP contribution in [0.2, 0.25) is 0 Å². The second kappa shape index (κ2) is 4.81. The topological polar surface area (TPSA) is 23.8 Å². The first-order valence-electron chi connectivity index (χ1n) is 5.09. The summed E-state index contributed by atoms with van der Waals surface area (Å²) < 4.78 is 0. The minimum atomic E-state index is 0.494. The molecule has 0 saturated heterocycles. The van der Waals surface area contributed by atoms with Crippen molar-refractivity contribution in [3.05, 3.63) is 34.9 Å². The van der Waals surface area contributed by atoms with Crippen LogP contribution in [0.4, 0.5) is 0 Å². The number of aryl methyl sites for hydroxylation is 2. The van der Waals surface area contributed by atoms with Crippen molar-refractivity contribution in [3.8, 4) is 6.07 Å². The highest BCUT2D eigenvalue weighted by Gasteiger charge is 2.05. The highest BCUT2D eigenvalue weighted by Crippen LogP contribution is 2.22. The first-order valence-corrected chi connectivity index (χ1v) is 5.09. The Hall–Kier alpha value is -1.29. The molecule has 0 bridgehead atoms. The predicted molar refractivity (Wildman–Crippen MR) is 59.2 cm³/mol. The molecule has 0 radical (unpaired) electrons. The summed E-state index contributed by atoms with van der Waals surface area (Å²) in [6.45, 7) is 6.44. The van der Waals surface area contributed by atoms with E-state index in [9.17, 15) is 0 Å². The van der Waals surface area contributed by atoms with Gasteiger partial charge in [0.05, 0.1) is 6.07 Å². The normalized spacial score (nSPS) is 12.1. The molecule has 1 aromatic rings. The highest BCUT2D eigenvalue weighted by molar-refractivity contribution is 5.31. The summed E-state index contributed by atoms with van der Waals surface area (Å²) in [5.41, 5.74) is 4.02. The van der Waals surface area contributed by atoms with Gasteiger partial charge in [0.15, 0.2) is 0 Å². The van der Waals surface area contributed by atoms with Crippen LogP contribution in [0.1, 0.15) is 42.4 Å². The van der Waals surface area contributed by atoms with Crippen LogP contribution in [0.3, 0.4) is 0 Å². The van der Waals surface area contributed by atoms with Crippen LogP contribution >= 0.6 is 0 Å². The van der Waals surface area contributed by atoms with Crippen molar-refractivity contribution in [2.24, 2.45) is 0 Å². The van der Waals surface area contributed by atoms with Gasteiger partial charge in [-0.2, -0.15) is 5.26 Å². The third-order valence-corrected chi connectivity index (χ3v) is 2.79. The van der Waals surface area contributed by atoms with Crippen molar-refractivity contribution in [1.29, 1.82) is 5.26 Å². The number of nitrogens with zero attached hydrogens (tertiary/aromatic N) is 1. The molecule has 0 spiro atoms. The van der Waals surface area contributed by atoms with Gasteiger partial charge >= 0.3 is 0 Å². The lowest BCUT2D eigenvalue weighted by atomic mass is 9.94. The molecule has 0 aliphatic rings. The van der Waals surface area contributed by atoms with E-state index in [4.69, 9.17) is 5.26 Å². The Labute approximate surface area is 86.4 Å². The summed E-state index contributed by atoms with van der Waals surface area (Å²) in [7, 11) is 0. The average Bonchev–Trinajstić information content (AvgIpc) is 2.18.